The summed E-state index contributed by atoms with van der Waals surface area (Å²) >= 11 is 0. The van der Waals surface area contributed by atoms with Gasteiger partial charge in [0, 0.05) is 5.54 Å². The Labute approximate surface area is 102 Å². The number of benzene rings is 1. The first-order chi connectivity index (χ1) is 7.92. The number of esters is 1. The van der Waals surface area contributed by atoms with E-state index in [4.69, 9.17) is 10.5 Å². The van der Waals surface area contributed by atoms with Crippen LogP contribution in [0.25, 0.3) is 0 Å². The minimum atomic E-state index is -0.347. The summed E-state index contributed by atoms with van der Waals surface area (Å²) in [6.45, 7) is 4.71. The number of methoxy groups -OCH3 is 1. The van der Waals surface area contributed by atoms with Crippen LogP contribution in [0, 0.1) is 0 Å². The largest absolute Gasteiger partial charge is 0.465 e. The molecular formula is C13H19NO3. The Morgan fingerprint density at radius 3 is 2.71 bits per heavy atom. The Balaban J connectivity index is 2.57. The molecule has 0 saturated heterocycles. The number of carbonyl (C=O) groups is 1. The monoisotopic (exact) mass is 237 g/mol. The van der Waals surface area contributed by atoms with Gasteiger partial charge in [0.1, 0.15) is 0 Å². The van der Waals surface area contributed by atoms with Gasteiger partial charge in [0.15, 0.2) is 0 Å². The molecule has 0 bridgehead atoms. The highest BCUT2D eigenvalue weighted by atomic mass is 16.5. The van der Waals surface area contributed by atoms with Crippen LogP contribution in [0.1, 0.15) is 29.8 Å². The van der Waals surface area contributed by atoms with Crippen molar-refractivity contribution in [2.45, 2.75) is 26.0 Å². The lowest BCUT2D eigenvalue weighted by atomic mass is 10.1. The van der Waals surface area contributed by atoms with E-state index in [2.05, 4.69) is 4.74 Å². The third kappa shape index (κ3) is 4.97. The molecule has 0 amide bonds. The van der Waals surface area contributed by atoms with Crippen LogP contribution in [0.3, 0.4) is 0 Å². The highest BCUT2D eigenvalue weighted by Gasteiger charge is 2.11. The molecule has 1 rings (SSSR count). The lowest BCUT2D eigenvalue weighted by molar-refractivity contribution is 0.0599. The highest BCUT2D eigenvalue weighted by molar-refractivity contribution is 5.89. The lowest BCUT2D eigenvalue weighted by Crippen LogP contribution is -2.37. The Morgan fingerprint density at radius 2 is 2.12 bits per heavy atom. The van der Waals surface area contributed by atoms with Crippen molar-refractivity contribution < 1.29 is 14.3 Å². The quantitative estimate of drug-likeness (QED) is 0.792. The van der Waals surface area contributed by atoms with E-state index in [1.165, 1.54) is 7.11 Å². The minimum Gasteiger partial charge on any atom is -0.465 e. The van der Waals surface area contributed by atoms with Gasteiger partial charge in [-0.15, -0.1) is 0 Å². The predicted octanol–water partition coefficient (Wildman–Crippen LogP) is 1.73. The topological polar surface area (TPSA) is 61.5 Å². The molecule has 1 aromatic carbocycles. The Bertz CT molecular complexity index is 382. The second-order valence-electron chi connectivity index (χ2n) is 4.67. The van der Waals surface area contributed by atoms with Crippen LogP contribution in [0.4, 0.5) is 0 Å². The van der Waals surface area contributed by atoms with E-state index in [-0.39, 0.29) is 11.5 Å². The lowest BCUT2D eigenvalue weighted by Gasteiger charge is -2.18. The van der Waals surface area contributed by atoms with Crippen LogP contribution in [0.15, 0.2) is 24.3 Å². The zero-order valence-corrected chi connectivity index (χ0v) is 10.5. The van der Waals surface area contributed by atoms with Crippen molar-refractivity contribution in [2.75, 3.05) is 13.7 Å². The molecule has 0 aliphatic carbocycles. The van der Waals surface area contributed by atoms with Crippen molar-refractivity contribution in [3.05, 3.63) is 35.4 Å². The zero-order chi connectivity index (χ0) is 12.9. The SMILES string of the molecule is COC(=O)c1cccc(COCC(C)(C)N)c1. The summed E-state index contributed by atoms with van der Waals surface area (Å²) in [5.74, 6) is -0.342. The Morgan fingerprint density at radius 1 is 1.41 bits per heavy atom. The summed E-state index contributed by atoms with van der Waals surface area (Å²) in [6, 6.07) is 7.17. The van der Waals surface area contributed by atoms with Gasteiger partial charge in [-0.05, 0) is 31.5 Å². The molecule has 2 N–H and O–H groups in total. The predicted molar refractivity (Wildman–Crippen MR) is 65.7 cm³/mol. The van der Waals surface area contributed by atoms with Crippen LogP contribution >= 0.6 is 0 Å². The number of hydrogen-bond donors (Lipinski definition) is 1. The van der Waals surface area contributed by atoms with E-state index in [1.54, 1.807) is 18.2 Å². The van der Waals surface area contributed by atoms with Crippen molar-refractivity contribution in [3.63, 3.8) is 0 Å². The van der Waals surface area contributed by atoms with Gasteiger partial charge >= 0.3 is 5.97 Å². The Kier molecular flexibility index (Phi) is 4.66. The van der Waals surface area contributed by atoms with E-state index in [0.717, 1.165) is 5.56 Å². The summed E-state index contributed by atoms with van der Waals surface area (Å²) < 4.78 is 10.1. The minimum absolute atomic E-state index is 0.342. The first kappa shape index (κ1) is 13.7. The molecule has 0 saturated carbocycles. The van der Waals surface area contributed by atoms with Crippen molar-refractivity contribution in [1.82, 2.24) is 0 Å². The number of nitrogens with two attached hydrogens (primary N) is 1. The van der Waals surface area contributed by atoms with Gasteiger partial charge in [-0.1, -0.05) is 12.1 Å². The van der Waals surface area contributed by atoms with Gasteiger partial charge in [-0.3, -0.25) is 0 Å². The molecule has 4 nitrogen and oxygen atoms in total. The van der Waals surface area contributed by atoms with E-state index < -0.39 is 0 Å². The molecular weight excluding hydrogens is 218 g/mol. The molecule has 0 aliphatic heterocycles. The van der Waals surface area contributed by atoms with Crippen molar-refractivity contribution in [1.29, 1.82) is 0 Å². The first-order valence-electron chi connectivity index (χ1n) is 5.46. The smallest absolute Gasteiger partial charge is 0.337 e. The molecule has 0 radical (unpaired) electrons. The fraction of sp³-hybridized carbons (Fsp3) is 0.462. The van der Waals surface area contributed by atoms with Gasteiger partial charge in [-0.2, -0.15) is 0 Å². The van der Waals surface area contributed by atoms with Crippen molar-refractivity contribution in [3.8, 4) is 0 Å². The zero-order valence-electron chi connectivity index (χ0n) is 10.5. The average Bonchev–Trinajstić information content (AvgIpc) is 2.27. The maximum Gasteiger partial charge on any atom is 0.337 e. The molecule has 0 aliphatic rings. The van der Waals surface area contributed by atoms with E-state index >= 15 is 0 Å². The summed E-state index contributed by atoms with van der Waals surface area (Å²) in [7, 11) is 1.36. The normalized spacial score (nSPS) is 11.3. The molecule has 17 heavy (non-hydrogen) atoms. The van der Waals surface area contributed by atoms with Gasteiger partial charge in [0.25, 0.3) is 0 Å². The molecule has 4 heteroatoms. The van der Waals surface area contributed by atoms with Crippen molar-refractivity contribution in [2.24, 2.45) is 5.73 Å². The standard InChI is InChI=1S/C13H19NO3/c1-13(2,14)9-17-8-10-5-4-6-11(7-10)12(15)16-3/h4-7H,8-9,14H2,1-3H3. The molecule has 0 fully saturated rings. The molecule has 0 atom stereocenters. The second kappa shape index (κ2) is 5.80. The van der Waals surface area contributed by atoms with E-state index in [9.17, 15) is 4.79 Å². The summed E-state index contributed by atoms with van der Waals surface area (Å²) in [5.41, 5.74) is 6.91. The highest BCUT2D eigenvalue weighted by Crippen LogP contribution is 2.09. The van der Waals surface area contributed by atoms with Gasteiger partial charge in [0.2, 0.25) is 0 Å². The average molecular weight is 237 g/mol. The second-order valence-corrected chi connectivity index (χ2v) is 4.67. The molecule has 0 heterocycles. The number of ether oxygens (including phenoxy) is 2. The first-order valence-corrected chi connectivity index (χ1v) is 5.46. The third-order valence-electron chi connectivity index (χ3n) is 2.09. The molecule has 0 unspecified atom stereocenters. The van der Waals surface area contributed by atoms with Crippen molar-refractivity contribution >= 4 is 5.97 Å². The van der Waals surface area contributed by atoms with E-state index in [1.807, 2.05) is 19.9 Å². The Hall–Kier alpha value is -1.39. The van der Waals surface area contributed by atoms with Crippen LogP contribution in [0.5, 0.6) is 0 Å². The van der Waals surface area contributed by atoms with E-state index in [0.29, 0.717) is 18.8 Å². The number of carbonyl (C=O) groups excluding carboxylic acids is 1. The van der Waals surface area contributed by atoms with Crippen LogP contribution in [0.2, 0.25) is 0 Å². The molecule has 0 spiro atoms. The summed E-state index contributed by atoms with van der Waals surface area (Å²) in [6.07, 6.45) is 0. The molecule has 94 valence electrons. The summed E-state index contributed by atoms with van der Waals surface area (Å²) in [4.78, 5) is 11.3. The fourth-order valence-electron chi connectivity index (χ4n) is 1.34. The maximum atomic E-state index is 11.3. The number of rotatable bonds is 5. The molecule has 1 aromatic rings. The van der Waals surface area contributed by atoms with Gasteiger partial charge < -0.3 is 15.2 Å². The number of hydrogen-bond acceptors (Lipinski definition) is 4. The maximum absolute atomic E-state index is 11.3. The van der Waals surface area contributed by atoms with Gasteiger partial charge in [0.05, 0.1) is 25.9 Å². The van der Waals surface area contributed by atoms with Crippen LogP contribution in [-0.2, 0) is 16.1 Å². The van der Waals surface area contributed by atoms with Gasteiger partial charge in [-0.25, -0.2) is 4.79 Å². The third-order valence-corrected chi connectivity index (χ3v) is 2.09. The summed E-state index contributed by atoms with van der Waals surface area (Å²) in [5, 5.41) is 0. The van der Waals surface area contributed by atoms with Crippen LogP contribution in [-0.4, -0.2) is 25.2 Å². The molecule has 0 aromatic heterocycles. The fourth-order valence-corrected chi connectivity index (χ4v) is 1.34. The van der Waals surface area contributed by atoms with Crippen LogP contribution < -0.4 is 5.73 Å².